The van der Waals surface area contributed by atoms with Gasteiger partial charge in [-0.05, 0) is 57.5 Å². The Labute approximate surface area is 148 Å². The summed E-state index contributed by atoms with van der Waals surface area (Å²) in [6.07, 6.45) is 3.51. The van der Waals surface area contributed by atoms with Crippen LogP contribution in [0.3, 0.4) is 0 Å². The van der Waals surface area contributed by atoms with Crippen molar-refractivity contribution in [3.8, 4) is 0 Å². The maximum atomic E-state index is 12.8. The number of amides is 2. The minimum absolute atomic E-state index is 0.00322. The molecule has 1 aliphatic carbocycles. The first-order chi connectivity index (χ1) is 11.9. The Morgan fingerprint density at radius 1 is 1.28 bits per heavy atom. The van der Waals surface area contributed by atoms with Crippen LogP contribution in [0.4, 0.5) is 5.69 Å². The number of nitrogens with zero attached hydrogens (tertiary/aromatic N) is 3. The van der Waals surface area contributed by atoms with E-state index in [0.29, 0.717) is 0 Å². The summed E-state index contributed by atoms with van der Waals surface area (Å²) in [6.45, 7) is 1.79. The van der Waals surface area contributed by atoms with Gasteiger partial charge in [0.05, 0.1) is 6.04 Å². The van der Waals surface area contributed by atoms with E-state index in [1.54, 1.807) is 4.90 Å². The number of hydrogen-bond acceptors (Lipinski definition) is 4. The van der Waals surface area contributed by atoms with Crippen molar-refractivity contribution >= 4 is 17.5 Å². The lowest BCUT2D eigenvalue weighted by Crippen LogP contribution is -2.49. The van der Waals surface area contributed by atoms with Crippen LogP contribution < -0.4 is 10.6 Å². The van der Waals surface area contributed by atoms with Crippen molar-refractivity contribution in [2.75, 3.05) is 32.1 Å². The van der Waals surface area contributed by atoms with Gasteiger partial charge in [-0.2, -0.15) is 0 Å². The van der Waals surface area contributed by atoms with Crippen LogP contribution in [0, 0.1) is 0 Å². The molecule has 1 unspecified atom stereocenters. The number of carbonyl (C=O) groups excluding carboxylic acids is 2. The van der Waals surface area contributed by atoms with Crippen LogP contribution in [-0.4, -0.2) is 61.0 Å². The highest BCUT2D eigenvalue weighted by Gasteiger charge is 2.51. The largest absolute Gasteiger partial charge is 0.367 e. The molecule has 2 aliphatic heterocycles. The van der Waals surface area contributed by atoms with Crippen LogP contribution in [0.2, 0.25) is 0 Å². The first kappa shape index (κ1) is 16.5. The lowest BCUT2D eigenvalue weighted by molar-refractivity contribution is -0.122. The SMILES string of the molecule is CN(C)CC1(c2ccc(N3C(=O)[C@@H]4CCCN4C3C(N)=O)cc2)CC1. The molecule has 0 aromatic heterocycles. The smallest absolute Gasteiger partial charge is 0.255 e. The number of rotatable bonds is 5. The molecule has 2 saturated heterocycles. The van der Waals surface area contributed by atoms with Gasteiger partial charge < -0.3 is 10.6 Å². The normalized spacial score (nSPS) is 27.8. The average molecular weight is 342 g/mol. The van der Waals surface area contributed by atoms with Gasteiger partial charge in [-0.3, -0.25) is 19.4 Å². The Kier molecular flexibility index (Phi) is 3.85. The average Bonchev–Trinajstić information content (AvgIpc) is 3.07. The van der Waals surface area contributed by atoms with E-state index in [0.717, 1.165) is 31.6 Å². The molecule has 3 aliphatic rings. The minimum atomic E-state index is -0.650. The predicted molar refractivity (Wildman–Crippen MR) is 96.1 cm³/mol. The quantitative estimate of drug-likeness (QED) is 0.863. The number of benzene rings is 1. The van der Waals surface area contributed by atoms with E-state index in [1.165, 1.54) is 18.4 Å². The fourth-order valence-electron chi connectivity index (χ4n) is 4.61. The molecule has 0 spiro atoms. The lowest BCUT2D eigenvalue weighted by Gasteiger charge is -2.27. The van der Waals surface area contributed by atoms with Gasteiger partial charge in [0.15, 0.2) is 6.17 Å². The minimum Gasteiger partial charge on any atom is -0.367 e. The molecule has 1 saturated carbocycles. The molecule has 0 bridgehead atoms. The summed E-state index contributed by atoms with van der Waals surface area (Å²) in [5, 5.41) is 0. The molecule has 2 N–H and O–H groups in total. The molecule has 1 aromatic carbocycles. The van der Waals surface area contributed by atoms with Crippen LogP contribution in [0.1, 0.15) is 31.2 Å². The van der Waals surface area contributed by atoms with E-state index in [-0.39, 0.29) is 17.4 Å². The Morgan fingerprint density at radius 3 is 2.52 bits per heavy atom. The van der Waals surface area contributed by atoms with Gasteiger partial charge in [-0.15, -0.1) is 0 Å². The van der Waals surface area contributed by atoms with Gasteiger partial charge in [-0.25, -0.2) is 0 Å². The second-order valence-corrected chi connectivity index (χ2v) is 7.95. The van der Waals surface area contributed by atoms with Gasteiger partial charge in [0.1, 0.15) is 0 Å². The van der Waals surface area contributed by atoms with E-state index < -0.39 is 12.1 Å². The van der Waals surface area contributed by atoms with E-state index in [2.05, 4.69) is 31.1 Å². The summed E-state index contributed by atoms with van der Waals surface area (Å²) in [5.74, 6) is -0.448. The number of nitrogens with two attached hydrogens (primary N) is 1. The van der Waals surface area contributed by atoms with Crippen LogP contribution in [-0.2, 0) is 15.0 Å². The lowest BCUT2D eigenvalue weighted by atomic mass is 9.95. The molecule has 2 amide bonds. The standard InChI is InChI=1S/C19H26N4O2/c1-21(2)12-19(9-10-19)13-5-7-14(8-6-13)23-17(16(20)24)22-11-3-4-15(22)18(23)25/h5-8,15,17H,3-4,9-12H2,1-2H3,(H2,20,24)/t15-,17?/m0/s1. The highest BCUT2D eigenvalue weighted by Crippen LogP contribution is 2.49. The molecule has 1 aromatic rings. The number of hydrogen-bond donors (Lipinski definition) is 1. The van der Waals surface area contributed by atoms with Crippen molar-refractivity contribution < 1.29 is 9.59 Å². The molecule has 4 rings (SSSR count). The van der Waals surface area contributed by atoms with Crippen LogP contribution in [0.15, 0.2) is 24.3 Å². The monoisotopic (exact) mass is 342 g/mol. The molecule has 2 atom stereocenters. The molecule has 0 radical (unpaired) electrons. The van der Waals surface area contributed by atoms with E-state index >= 15 is 0 Å². The zero-order valence-electron chi connectivity index (χ0n) is 14.9. The second kappa shape index (κ2) is 5.81. The fraction of sp³-hybridized carbons (Fsp3) is 0.579. The Hall–Kier alpha value is -1.92. The van der Waals surface area contributed by atoms with Gasteiger partial charge in [0, 0.05) is 24.2 Å². The first-order valence-electron chi connectivity index (χ1n) is 9.06. The van der Waals surface area contributed by atoms with Gasteiger partial charge in [0.25, 0.3) is 5.91 Å². The molecule has 6 heteroatoms. The highest BCUT2D eigenvalue weighted by molar-refractivity contribution is 6.06. The number of carbonyl (C=O) groups is 2. The predicted octanol–water partition coefficient (Wildman–Crippen LogP) is 0.902. The zero-order valence-corrected chi connectivity index (χ0v) is 14.9. The van der Waals surface area contributed by atoms with E-state index in [1.807, 2.05) is 17.0 Å². The Bertz CT molecular complexity index is 696. The van der Waals surface area contributed by atoms with Crippen LogP contribution in [0.25, 0.3) is 0 Å². The van der Waals surface area contributed by atoms with Crippen molar-refractivity contribution in [1.82, 2.24) is 9.80 Å². The summed E-state index contributed by atoms with van der Waals surface area (Å²) in [6, 6.07) is 7.98. The third-order valence-electron chi connectivity index (χ3n) is 5.86. The number of likely N-dealkylation sites (N-methyl/N-ethyl adjacent to an activating group) is 1. The molecule has 2 heterocycles. The third-order valence-corrected chi connectivity index (χ3v) is 5.86. The third kappa shape index (κ3) is 2.64. The summed E-state index contributed by atoms with van der Waals surface area (Å²) in [4.78, 5) is 30.6. The molecule has 6 nitrogen and oxygen atoms in total. The molecular weight excluding hydrogens is 316 g/mol. The van der Waals surface area contributed by atoms with Crippen molar-refractivity contribution in [1.29, 1.82) is 0 Å². The van der Waals surface area contributed by atoms with Gasteiger partial charge in [-0.1, -0.05) is 12.1 Å². The van der Waals surface area contributed by atoms with E-state index in [4.69, 9.17) is 5.73 Å². The topological polar surface area (TPSA) is 69.9 Å². The molecule has 25 heavy (non-hydrogen) atoms. The Morgan fingerprint density at radius 2 is 1.96 bits per heavy atom. The van der Waals surface area contributed by atoms with Crippen molar-refractivity contribution in [2.45, 2.75) is 43.3 Å². The molecule has 3 fully saturated rings. The first-order valence-corrected chi connectivity index (χ1v) is 9.06. The summed E-state index contributed by atoms with van der Waals surface area (Å²) >= 11 is 0. The van der Waals surface area contributed by atoms with Crippen molar-refractivity contribution in [3.63, 3.8) is 0 Å². The maximum Gasteiger partial charge on any atom is 0.255 e. The summed E-state index contributed by atoms with van der Waals surface area (Å²) in [5.41, 5.74) is 7.96. The van der Waals surface area contributed by atoms with Gasteiger partial charge >= 0.3 is 0 Å². The number of fused-ring (bicyclic) bond motifs is 1. The summed E-state index contributed by atoms with van der Waals surface area (Å²) < 4.78 is 0. The summed E-state index contributed by atoms with van der Waals surface area (Å²) in [7, 11) is 4.20. The van der Waals surface area contributed by atoms with Crippen molar-refractivity contribution in [2.24, 2.45) is 5.73 Å². The molecule has 134 valence electrons. The molecular formula is C19H26N4O2. The highest BCUT2D eigenvalue weighted by atomic mass is 16.2. The maximum absolute atomic E-state index is 12.8. The van der Waals surface area contributed by atoms with Crippen LogP contribution >= 0.6 is 0 Å². The number of primary amides is 1. The van der Waals surface area contributed by atoms with E-state index in [9.17, 15) is 9.59 Å². The van der Waals surface area contributed by atoms with Gasteiger partial charge in [0.2, 0.25) is 5.91 Å². The zero-order chi connectivity index (χ0) is 17.8. The van der Waals surface area contributed by atoms with Crippen LogP contribution in [0.5, 0.6) is 0 Å². The fourth-order valence-corrected chi connectivity index (χ4v) is 4.61. The second-order valence-electron chi connectivity index (χ2n) is 7.95. The Balaban J connectivity index is 1.61. The van der Waals surface area contributed by atoms with Crippen molar-refractivity contribution in [3.05, 3.63) is 29.8 Å². The number of anilines is 1.